The lowest BCUT2D eigenvalue weighted by Crippen LogP contribution is -2.35. The van der Waals surface area contributed by atoms with Crippen LogP contribution in [0.2, 0.25) is 0 Å². The highest BCUT2D eigenvalue weighted by atomic mass is 32.2. The van der Waals surface area contributed by atoms with E-state index in [4.69, 9.17) is 4.42 Å². The van der Waals surface area contributed by atoms with Gasteiger partial charge in [-0.15, -0.1) is 0 Å². The van der Waals surface area contributed by atoms with E-state index >= 15 is 0 Å². The average Bonchev–Trinajstić information content (AvgIpc) is 3.30. The lowest BCUT2D eigenvalue weighted by Gasteiger charge is -2.28. The first-order valence-electron chi connectivity index (χ1n) is 10.3. The van der Waals surface area contributed by atoms with Gasteiger partial charge in [0, 0.05) is 49.9 Å². The maximum atomic E-state index is 12.7. The predicted octanol–water partition coefficient (Wildman–Crippen LogP) is 2.94. The molecule has 162 valence electrons. The Bertz CT molecular complexity index is 960. The van der Waals surface area contributed by atoms with Crippen LogP contribution in [0.25, 0.3) is 0 Å². The van der Waals surface area contributed by atoms with E-state index in [1.54, 1.807) is 0 Å². The molecule has 0 aliphatic carbocycles. The molecule has 1 aromatic heterocycles. The molecule has 2 saturated heterocycles. The lowest BCUT2D eigenvalue weighted by molar-refractivity contribution is 0.0917. The van der Waals surface area contributed by atoms with Crippen molar-refractivity contribution in [3.05, 3.63) is 47.7 Å². The van der Waals surface area contributed by atoms with Crippen molar-refractivity contribution in [1.29, 1.82) is 0 Å². The van der Waals surface area contributed by atoms with Gasteiger partial charge in [-0.3, -0.25) is 4.79 Å². The lowest BCUT2D eigenvalue weighted by atomic mass is 10.2. The van der Waals surface area contributed by atoms with Crippen LogP contribution in [0.3, 0.4) is 0 Å². The Hall–Kier alpha value is -1.97. The number of thioether (sulfide) groups is 1. The van der Waals surface area contributed by atoms with Gasteiger partial charge >= 0.3 is 0 Å². The summed E-state index contributed by atoms with van der Waals surface area (Å²) in [6, 6.07) is 11.0. The zero-order valence-corrected chi connectivity index (χ0v) is 18.5. The molecule has 0 radical (unpaired) electrons. The van der Waals surface area contributed by atoms with Crippen LogP contribution in [0.15, 0.2) is 45.9 Å². The zero-order chi connectivity index (χ0) is 21.0. The second-order valence-electron chi connectivity index (χ2n) is 7.53. The van der Waals surface area contributed by atoms with Crippen molar-refractivity contribution in [2.45, 2.75) is 30.9 Å². The molecule has 4 rings (SSSR count). The SMILES string of the molecule is O=C(NCc1ccc(N2CCSCC2)cc1)c1ccc(S(=O)(=O)N2CCCCC2)o1. The van der Waals surface area contributed by atoms with E-state index in [9.17, 15) is 13.2 Å². The van der Waals surface area contributed by atoms with E-state index in [1.165, 1.54) is 22.1 Å². The topological polar surface area (TPSA) is 82.9 Å². The molecule has 2 aliphatic rings. The van der Waals surface area contributed by atoms with Gasteiger partial charge in [-0.2, -0.15) is 16.1 Å². The van der Waals surface area contributed by atoms with E-state index in [-0.39, 0.29) is 10.9 Å². The van der Waals surface area contributed by atoms with Crippen LogP contribution < -0.4 is 10.2 Å². The van der Waals surface area contributed by atoms with E-state index in [0.29, 0.717) is 19.6 Å². The highest BCUT2D eigenvalue weighted by molar-refractivity contribution is 7.99. The monoisotopic (exact) mass is 449 g/mol. The van der Waals surface area contributed by atoms with Gasteiger partial charge in [0.2, 0.25) is 5.09 Å². The zero-order valence-electron chi connectivity index (χ0n) is 16.9. The fourth-order valence-electron chi connectivity index (χ4n) is 3.73. The number of furan rings is 1. The Kier molecular flexibility index (Phi) is 6.70. The summed E-state index contributed by atoms with van der Waals surface area (Å²) in [6.07, 6.45) is 2.74. The molecule has 0 spiro atoms. The van der Waals surface area contributed by atoms with Gasteiger partial charge in [0.05, 0.1) is 0 Å². The number of carbonyl (C=O) groups is 1. The molecular weight excluding hydrogens is 422 g/mol. The van der Waals surface area contributed by atoms with Crippen molar-refractivity contribution in [2.75, 3.05) is 42.6 Å². The number of nitrogens with zero attached hydrogens (tertiary/aromatic N) is 2. The largest absolute Gasteiger partial charge is 0.438 e. The maximum Gasteiger partial charge on any atom is 0.287 e. The fraction of sp³-hybridized carbons (Fsp3) is 0.476. The molecule has 2 fully saturated rings. The molecule has 0 atom stereocenters. The molecule has 0 saturated carbocycles. The van der Waals surface area contributed by atoms with Gasteiger partial charge in [-0.1, -0.05) is 18.6 Å². The molecule has 0 unspecified atom stereocenters. The second kappa shape index (κ2) is 9.45. The summed E-state index contributed by atoms with van der Waals surface area (Å²) in [4.78, 5) is 14.8. The summed E-state index contributed by atoms with van der Waals surface area (Å²) in [7, 11) is -3.68. The summed E-state index contributed by atoms with van der Waals surface area (Å²) in [6.45, 7) is 3.46. The third-order valence-electron chi connectivity index (χ3n) is 5.48. The van der Waals surface area contributed by atoms with Crippen LogP contribution >= 0.6 is 11.8 Å². The van der Waals surface area contributed by atoms with E-state index in [2.05, 4.69) is 22.3 Å². The molecule has 3 heterocycles. The number of hydrogen-bond donors (Lipinski definition) is 1. The molecule has 2 aliphatic heterocycles. The highest BCUT2D eigenvalue weighted by Crippen LogP contribution is 2.23. The van der Waals surface area contributed by atoms with Crippen molar-refractivity contribution >= 4 is 33.4 Å². The van der Waals surface area contributed by atoms with Crippen LogP contribution in [0.1, 0.15) is 35.4 Å². The first kappa shape index (κ1) is 21.3. The molecule has 7 nitrogen and oxygen atoms in total. The number of benzene rings is 1. The number of carbonyl (C=O) groups excluding carboxylic acids is 1. The minimum Gasteiger partial charge on any atom is -0.438 e. The summed E-state index contributed by atoms with van der Waals surface area (Å²) >= 11 is 1.98. The van der Waals surface area contributed by atoms with Crippen molar-refractivity contribution in [1.82, 2.24) is 9.62 Å². The second-order valence-corrected chi connectivity index (χ2v) is 10.6. The van der Waals surface area contributed by atoms with E-state index < -0.39 is 15.9 Å². The molecule has 1 aromatic carbocycles. The smallest absolute Gasteiger partial charge is 0.287 e. The number of sulfonamides is 1. The van der Waals surface area contributed by atoms with Crippen LogP contribution in [0, 0.1) is 0 Å². The highest BCUT2D eigenvalue weighted by Gasteiger charge is 2.29. The van der Waals surface area contributed by atoms with Crippen molar-refractivity contribution in [3.63, 3.8) is 0 Å². The predicted molar refractivity (Wildman–Crippen MR) is 118 cm³/mol. The normalized spacial score (nSPS) is 18.3. The molecule has 1 amide bonds. The van der Waals surface area contributed by atoms with Crippen molar-refractivity contribution in [3.8, 4) is 0 Å². The molecule has 9 heteroatoms. The van der Waals surface area contributed by atoms with Gasteiger partial charge in [0.15, 0.2) is 5.76 Å². The van der Waals surface area contributed by atoms with E-state index in [1.807, 2.05) is 23.9 Å². The molecular formula is C21H27N3O4S2. The number of amides is 1. The van der Waals surface area contributed by atoms with Gasteiger partial charge in [-0.05, 0) is 42.7 Å². The molecule has 1 N–H and O–H groups in total. The summed E-state index contributed by atoms with van der Waals surface area (Å²) in [5.41, 5.74) is 2.18. The van der Waals surface area contributed by atoms with E-state index in [0.717, 1.165) is 49.4 Å². The number of nitrogens with one attached hydrogen (secondary N) is 1. The maximum absolute atomic E-state index is 12.7. The number of piperidine rings is 1. The van der Waals surface area contributed by atoms with Gasteiger partial charge in [0.25, 0.3) is 15.9 Å². The Labute approximate surface area is 181 Å². The van der Waals surface area contributed by atoms with Crippen LogP contribution in [0.4, 0.5) is 5.69 Å². The minimum absolute atomic E-state index is 0.00743. The van der Waals surface area contributed by atoms with Crippen LogP contribution in [-0.4, -0.2) is 56.3 Å². The standard InChI is InChI=1S/C21H27N3O4S2/c25-21(19-8-9-20(28-19)30(26,27)24-10-2-1-3-11-24)22-16-17-4-6-18(7-5-17)23-12-14-29-15-13-23/h4-9H,1-3,10-16H2,(H,22,25). The van der Waals surface area contributed by atoms with Crippen LogP contribution in [-0.2, 0) is 16.6 Å². The Morgan fingerprint density at radius 3 is 2.37 bits per heavy atom. The fourth-order valence-corrected chi connectivity index (χ4v) is 6.06. The summed E-state index contributed by atoms with van der Waals surface area (Å²) in [5.74, 6) is 1.88. The Morgan fingerprint density at radius 2 is 1.67 bits per heavy atom. The first-order chi connectivity index (χ1) is 14.5. The first-order valence-corrected chi connectivity index (χ1v) is 12.9. The van der Waals surface area contributed by atoms with Crippen molar-refractivity contribution < 1.29 is 17.6 Å². The third-order valence-corrected chi connectivity index (χ3v) is 8.20. The number of hydrogen-bond acceptors (Lipinski definition) is 6. The number of rotatable bonds is 6. The Balaban J connectivity index is 1.34. The minimum atomic E-state index is -3.68. The molecule has 30 heavy (non-hydrogen) atoms. The average molecular weight is 450 g/mol. The third kappa shape index (κ3) is 4.84. The Morgan fingerprint density at radius 1 is 0.967 bits per heavy atom. The van der Waals surface area contributed by atoms with Gasteiger partial charge < -0.3 is 14.6 Å². The quantitative estimate of drug-likeness (QED) is 0.730. The van der Waals surface area contributed by atoms with Gasteiger partial charge in [0.1, 0.15) is 0 Å². The summed E-state index contributed by atoms with van der Waals surface area (Å²) < 4.78 is 32.2. The van der Waals surface area contributed by atoms with Crippen molar-refractivity contribution in [2.24, 2.45) is 0 Å². The van der Waals surface area contributed by atoms with Gasteiger partial charge in [-0.25, -0.2) is 8.42 Å². The number of anilines is 1. The molecule has 0 bridgehead atoms. The van der Waals surface area contributed by atoms with Crippen LogP contribution in [0.5, 0.6) is 0 Å². The summed E-state index contributed by atoms with van der Waals surface area (Å²) in [5, 5.41) is 2.63. The molecule has 2 aromatic rings.